The third-order valence-electron chi connectivity index (χ3n) is 4.05. The molecule has 0 spiro atoms. The number of unbranched alkanes of at least 4 members (excludes halogenated alkanes) is 6. The van der Waals surface area contributed by atoms with Gasteiger partial charge in [0.25, 0.3) is 5.69 Å². The summed E-state index contributed by atoms with van der Waals surface area (Å²) in [4.78, 5) is 33.4. The second kappa shape index (κ2) is 13.7. The predicted octanol–water partition coefficient (Wildman–Crippen LogP) is 4.96. The molecule has 0 aliphatic carbocycles. The van der Waals surface area contributed by atoms with Crippen molar-refractivity contribution in [3.63, 3.8) is 0 Å². The average Bonchev–Trinajstić information content (AvgIpc) is 2.64. The molecule has 0 aliphatic rings. The smallest absolute Gasteiger partial charge is 0.311 e. The number of esters is 2. The number of hydrogen-bond acceptors (Lipinski definition) is 6. The van der Waals surface area contributed by atoms with Gasteiger partial charge in [-0.2, -0.15) is 0 Å². The van der Waals surface area contributed by atoms with Crippen LogP contribution in [0.1, 0.15) is 71.1 Å². The molecule has 1 aromatic rings. The Labute approximate surface area is 160 Å². The third kappa shape index (κ3) is 11.0. The molecule has 0 saturated heterocycles. The summed E-state index contributed by atoms with van der Waals surface area (Å²) in [5, 5.41) is 10.6. The predicted molar refractivity (Wildman–Crippen MR) is 102 cm³/mol. The maximum Gasteiger partial charge on any atom is 0.311 e. The van der Waals surface area contributed by atoms with Crippen LogP contribution in [0.4, 0.5) is 5.69 Å². The third-order valence-corrected chi connectivity index (χ3v) is 4.05. The molecule has 0 saturated carbocycles. The fourth-order valence-electron chi connectivity index (χ4n) is 2.51. The summed E-state index contributed by atoms with van der Waals surface area (Å²) >= 11 is 0. The molecular weight excluding hydrogens is 350 g/mol. The van der Waals surface area contributed by atoms with Gasteiger partial charge in [-0.1, -0.05) is 45.4 Å². The van der Waals surface area contributed by atoms with Crippen LogP contribution in [-0.2, 0) is 14.3 Å². The van der Waals surface area contributed by atoms with E-state index in [4.69, 9.17) is 9.47 Å². The lowest BCUT2D eigenvalue weighted by molar-refractivity contribution is -0.384. The Morgan fingerprint density at radius 1 is 0.889 bits per heavy atom. The number of carbonyl (C=O) groups is 2. The van der Waals surface area contributed by atoms with Gasteiger partial charge in [-0.05, 0) is 25.0 Å². The zero-order valence-corrected chi connectivity index (χ0v) is 16.0. The van der Waals surface area contributed by atoms with Crippen molar-refractivity contribution in [3.05, 3.63) is 34.4 Å². The number of non-ortho nitro benzene ring substituents is 1. The minimum absolute atomic E-state index is 0.0708. The van der Waals surface area contributed by atoms with E-state index < -0.39 is 10.9 Å². The Balaban J connectivity index is 2.06. The molecule has 0 radical (unpaired) electrons. The second-order valence-corrected chi connectivity index (χ2v) is 6.42. The standard InChI is InChI=1S/C20H29NO6/c1-2-3-4-5-6-7-8-16-26-19(22)10-9-11-20(23)27-18-14-12-17(13-15-18)21(24)25/h12-15H,2-11,16H2,1H3. The molecule has 1 rings (SSSR count). The minimum atomic E-state index is -0.524. The van der Waals surface area contributed by atoms with E-state index in [1.165, 1.54) is 56.4 Å². The van der Waals surface area contributed by atoms with Crippen molar-refractivity contribution in [2.75, 3.05) is 6.61 Å². The van der Waals surface area contributed by atoms with E-state index in [9.17, 15) is 19.7 Å². The van der Waals surface area contributed by atoms with Crippen LogP contribution < -0.4 is 4.74 Å². The first-order valence-electron chi connectivity index (χ1n) is 9.63. The lowest BCUT2D eigenvalue weighted by Gasteiger charge is -2.06. The number of carbonyl (C=O) groups excluding carboxylic acids is 2. The first-order valence-corrected chi connectivity index (χ1v) is 9.63. The topological polar surface area (TPSA) is 95.7 Å². The van der Waals surface area contributed by atoms with Crippen LogP contribution in [0.2, 0.25) is 0 Å². The van der Waals surface area contributed by atoms with E-state index in [0.717, 1.165) is 12.8 Å². The van der Waals surface area contributed by atoms with Gasteiger partial charge in [0, 0.05) is 25.0 Å². The lowest BCUT2D eigenvalue weighted by atomic mass is 10.1. The summed E-state index contributed by atoms with van der Waals surface area (Å²) in [7, 11) is 0. The van der Waals surface area contributed by atoms with Gasteiger partial charge in [-0.15, -0.1) is 0 Å². The summed E-state index contributed by atoms with van der Waals surface area (Å²) in [6.45, 7) is 2.62. The number of nitrogens with zero attached hydrogens (tertiary/aromatic N) is 1. The maximum atomic E-state index is 11.7. The van der Waals surface area contributed by atoms with E-state index in [1.807, 2.05) is 0 Å². The Bertz CT molecular complexity index is 585. The Hall–Kier alpha value is -2.44. The molecule has 0 N–H and O–H groups in total. The van der Waals surface area contributed by atoms with Gasteiger partial charge < -0.3 is 9.47 Å². The molecule has 1 aromatic carbocycles. The highest BCUT2D eigenvalue weighted by Gasteiger charge is 2.10. The van der Waals surface area contributed by atoms with Gasteiger partial charge >= 0.3 is 11.9 Å². The van der Waals surface area contributed by atoms with Gasteiger partial charge in [0.1, 0.15) is 5.75 Å². The van der Waals surface area contributed by atoms with Crippen molar-refractivity contribution < 1.29 is 24.0 Å². The molecule has 0 aromatic heterocycles. The highest BCUT2D eigenvalue weighted by atomic mass is 16.6. The zero-order valence-electron chi connectivity index (χ0n) is 16.0. The summed E-state index contributed by atoms with van der Waals surface area (Å²) in [6, 6.07) is 5.27. The van der Waals surface area contributed by atoms with Crippen molar-refractivity contribution >= 4 is 17.6 Å². The molecule has 0 aliphatic heterocycles. The van der Waals surface area contributed by atoms with Crippen LogP contribution >= 0.6 is 0 Å². The molecule has 0 atom stereocenters. The van der Waals surface area contributed by atoms with Crippen molar-refractivity contribution in [1.82, 2.24) is 0 Å². The maximum absolute atomic E-state index is 11.7. The summed E-state index contributed by atoms with van der Waals surface area (Å²) < 4.78 is 10.2. The van der Waals surface area contributed by atoms with Crippen molar-refractivity contribution in [3.8, 4) is 5.75 Å². The van der Waals surface area contributed by atoms with Crippen LogP contribution in [0.25, 0.3) is 0 Å². The first kappa shape index (κ1) is 22.6. The molecule has 7 heteroatoms. The van der Waals surface area contributed by atoms with Crippen LogP contribution in [0.5, 0.6) is 5.75 Å². The number of rotatable bonds is 14. The summed E-state index contributed by atoms with van der Waals surface area (Å²) in [5.74, 6) is -0.542. The summed E-state index contributed by atoms with van der Waals surface area (Å²) in [6.07, 6.45) is 8.74. The van der Waals surface area contributed by atoms with Crippen LogP contribution in [-0.4, -0.2) is 23.5 Å². The molecule has 0 amide bonds. The van der Waals surface area contributed by atoms with Gasteiger partial charge in [-0.25, -0.2) is 0 Å². The van der Waals surface area contributed by atoms with Crippen molar-refractivity contribution in [2.45, 2.75) is 71.1 Å². The molecule has 7 nitrogen and oxygen atoms in total. The normalized spacial score (nSPS) is 10.4. The van der Waals surface area contributed by atoms with E-state index in [1.54, 1.807) is 0 Å². The minimum Gasteiger partial charge on any atom is -0.466 e. The van der Waals surface area contributed by atoms with Crippen molar-refractivity contribution in [1.29, 1.82) is 0 Å². The van der Waals surface area contributed by atoms with Crippen LogP contribution in [0.15, 0.2) is 24.3 Å². The van der Waals surface area contributed by atoms with E-state index >= 15 is 0 Å². The molecule has 0 fully saturated rings. The monoisotopic (exact) mass is 379 g/mol. The second-order valence-electron chi connectivity index (χ2n) is 6.42. The van der Waals surface area contributed by atoms with Crippen LogP contribution in [0.3, 0.4) is 0 Å². The van der Waals surface area contributed by atoms with E-state index in [2.05, 4.69) is 6.92 Å². The largest absolute Gasteiger partial charge is 0.466 e. The number of ether oxygens (including phenoxy) is 2. The number of hydrogen-bond donors (Lipinski definition) is 0. The number of nitro benzene ring substituents is 1. The SMILES string of the molecule is CCCCCCCCCOC(=O)CCCC(=O)Oc1ccc([N+](=O)[O-])cc1. The Morgan fingerprint density at radius 3 is 2.11 bits per heavy atom. The molecule has 27 heavy (non-hydrogen) atoms. The van der Waals surface area contributed by atoms with Gasteiger partial charge in [0.2, 0.25) is 0 Å². The van der Waals surface area contributed by atoms with Crippen molar-refractivity contribution in [2.24, 2.45) is 0 Å². The average molecular weight is 379 g/mol. The van der Waals surface area contributed by atoms with Crippen LogP contribution in [0, 0.1) is 10.1 Å². The molecular formula is C20H29NO6. The fraction of sp³-hybridized carbons (Fsp3) is 0.600. The highest BCUT2D eigenvalue weighted by Crippen LogP contribution is 2.18. The fourth-order valence-corrected chi connectivity index (χ4v) is 2.51. The molecule has 0 unspecified atom stereocenters. The highest BCUT2D eigenvalue weighted by molar-refractivity contribution is 5.74. The van der Waals surface area contributed by atoms with Gasteiger partial charge in [0.15, 0.2) is 0 Å². The Kier molecular flexibility index (Phi) is 11.5. The lowest BCUT2D eigenvalue weighted by Crippen LogP contribution is -2.10. The summed E-state index contributed by atoms with van der Waals surface area (Å²) in [5.41, 5.74) is -0.0708. The zero-order chi connectivity index (χ0) is 19.9. The molecule has 0 heterocycles. The van der Waals surface area contributed by atoms with E-state index in [-0.39, 0.29) is 30.2 Å². The first-order chi connectivity index (χ1) is 13.0. The quantitative estimate of drug-likeness (QED) is 0.149. The molecule has 0 bridgehead atoms. The van der Waals surface area contributed by atoms with Gasteiger partial charge in [0.05, 0.1) is 11.5 Å². The number of nitro groups is 1. The Morgan fingerprint density at radius 2 is 1.48 bits per heavy atom. The number of benzene rings is 1. The van der Waals surface area contributed by atoms with E-state index in [0.29, 0.717) is 13.0 Å². The molecule has 150 valence electrons. The van der Waals surface area contributed by atoms with Gasteiger partial charge in [-0.3, -0.25) is 19.7 Å².